The molecule has 0 heterocycles. The van der Waals surface area contributed by atoms with Crippen LogP contribution in [0.15, 0.2) is 0 Å². The molecule has 11 heavy (non-hydrogen) atoms. The van der Waals surface area contributed by atoms with Crippen molar-refractivity contribution in [3.63, 3.8) is 0 Å². The minimum absolute atomic E-state index is 0.487. The average Bonchev–Trinajstić information content (AvgIpc) is 1.88. The van der Waals surface area contributed by atoms with Crippen molar-refractivity contribution in [2.45, 2.75) is 26.7 Å². The van der Waals surface area contributed by atoms with Gasteiger partial charge in [0, 0.05) is 20.1 Å². The van der Waals surface area contributed by atoms with Crippen LogP contribution >= 0.6 is 9.03 Å². The van der Waals surface area contributed by atoms with Crippen LogP contribution in [0.4, 0.5) is 0 Å². The van der Waals surface area contributed by atoms with Crippen LogP contribution in [0.1, 0.15) is 20.8 Å². The summed E-state index contributed by atoms with van der Waals surface area (Å²) in [5.41, 5.74) is 0. The second-order valence-corrected chi connectivity index (χ2v) is 2.31. The van der Waals surface area contributed by atoms with E-state index in [1.54, 1.807) is 6.92 Å². The highest BCUT2D eigenvalue weighted by molar-refractivity contribution is 7.25. The van der Waals surface area contributed by atoms with Crippen molar-refractivity contribution >= 4 is 9.03 Å². The molecule has 0 aromatic heterocycles. The molecule has 1 unspecified atom stereocenters. The molecule has 0 aliphatic heterocycles. The Morgan fingerprint density at radius 3 is 2.00 bits per heavy atom. The quantitative estimate of drug-likeness (QED) is 0.496. The number of rotatable bonds is 6. The Bertz CT molecular complexity index is 81.6. The summed E-state index contributed by atoms with van der Waals surface area (Å²) in [6.45, 7) is 6.27. The predicted octanol–water partition coefficient (Wildman–Crippen LogP) is 1.25. The van der Waals surface area contributed by atoms with E-state index >= 15 is 0 Å². The van der Waals surface area contributed by atoms with Gasteiger partial charge >= 0.3 is 0 Å². The fourth-order valence-corrected chi connectivity index (χ4v) is 0.992. The monoisotopic (exact) mass is 182 g/mol. The molecule has 0 radical (unpaired) electrons. The second kappa shape index (κ2) is 5.86. The SMILES string of the molecule is CCOC(C)(OCC)OPO. The number of ether oxygens (including phenoxy) is 2. The van der Waals surface area contributed by atoms with Crippen molar-refractivity contribution in [2.75, 3.05) is 13.2 Å². The van der Waals surface area contributed by atoms with E-state index in [1.807, 2.05) is 13.8 Å². The normalized spacial score (nSPS) is 13.1. The van der Waals surface area contributed by atoms with E-state index < -0.39 is 15.0 Å². The van der Waals surface area contributed by atoms with Crippen LogP contribution in [0.2, 0.25) is 0 Å². The highest BCUT2D eigenvalue weighted by Crippen LogP contribution is 2.22. The molecule has 0 aliphatic carbocycles. The lowest BCUT2D eigenvalue weighted by Crippen LogP contribution is -2.33. The molecule has 5 heteroatoms. The summed E-state index contributed by atoms with van der Waals surface area (Å²) in [5.74, 6) is -1.09. The summed E-state index contributed by atoms with van der Waals surface area (Å²) >= 11 is 0. The molecule has 0 saturated carbocycles. The Labute approximate surface area is 68.8 Å². The third-order valence-corrected chi connectivity index (χ3v) is 1.51. The minimum atomic E-state index is -1.09. The van der Waals surface area contributed by atoms with Gasteiger partial charge < -0.3 is 14.4 Å². The van der Waals surface area contributed by atoms with E-state index in [1.165, 1.54) is 0 Å². The molecule has 0 saturated heterocycles. The molecule has 0 spiro atoms. The lowest BCUT2D eigenvalue weighted by Gasteiger charge is -2.26. The summed E-state index contributed by atoms with van der Waals surface area (Å²) < 4.78 is 15.1. The van der Waals surface area contributed by atoms with Crippen LogP contribution in [-0.4, -0.2) is 24.1 Å². The zero-order valence-corrected chi connectivity index (χ0v) is 8.09. The van der Waals surface area contributed by atoms with Gasteiger partial charge in [-0.2, -0.15) is 0 Å². The summed E-state index contributed by atoms with van der Waals surface area (Å²) in [6, 6.07) is 0. The Balaban J connectivity index is 3.79. The van der Waals surface area contributed by atoms with Gasteiger partial charge in [0.25, 0.3) is 5.97 Å². The second-order valence-electron chi connectivity index (χ2n) is 1.92. The first-order chi connectivity index (χ1) is 5.18. The van der Waals surface area contributed by atoms with E-state index in [9.17, 15) is 0 Å². The third-order valence-electron chi connectivity index (χ3n) is 1.04. The van der Waals surface area contributed by atoms with Gasteiger partial charge in [-0.15, -0.1) is 0 Å². The smallest absolute Gasteiger partial charge is 0.284 e. The molecule has 0 fully saturated rings. The minimum Gasteiger partial charge on any atom is -0.352 e. The lowest BCUT2D eigenvalue weighted by molar-refractivity contribution is -0.327. The summed E-state index contributed by atoms with van der Waals surface area (Å²) in [5, 5.41) is 0. The Hall–Kier alpha value is 0.270. The van der Waals surface area contributed by atoms with Gasteiger partial charge in [0.1, 0.15) is 0 Å². The largest absolute Gasteiger partial charge is 0.352 e. The van der Waals surface area contributed by atoms with Crippen molar-refractivity contribution in [1.29, 1.82) is 0 Å². The van der Waals surface area contributed by atoms with Gasteiger partial charge in [0.05, 0.1) is 0 Å². The molecule has 68 valence electrons. The van der Waals surface area contributed by atoms with Crippen molar-refractivity contribution in [3.05, 3.63) is 0 Å². The Morgan fingerprint density at radius 2 is 1.73 bits per heavy atom. The molecule has 0 aliphatic rings. The van der Waals surface area contributed by atoms with Gasteiger partial charge in [-0.1, -0.05) is 0 Å². The van der Waals surface area contributed by atoms with Gasteiger partial charge in [-0.05, 0) is 13.8 Å². The maximum absolute atomic E-state index is 8.50. The summed E-state index contributed by atoms with van der Waals surface area (Å²) in [6.07, 6.45) is 0. The van der Waals surface area contributed by atoms with Gasteiger partial charge in [-0.25, -0.2) is 0 Å². The molecular formula is C6H15O4P. The lowest BCUT2D eigenvalue weighted by atomic mass is 10.6. The topological polar surface area (TPSA) is 47.9 Å². The maximum Gasteiger partial charge on any atom is 0.284 e. The van der Waals surface area contributed by atoms with E-state index in [4.69, 9.17) is 18.9 Å². The molecule has 0 aromatic carbocycles. The van der Waals surface area contributed by atoms with Gasteiger partial charge in [-0.3, -0.25) is 4.52 Å². The average molecular weight is 182 g/mol. The van der Waals surface area contributed by atoms with Crippen LogP contribution in [0, 0.1) is 0 Å². The van der Waals surface area contributed by atoms with Crippen molar-refractivity contribution < 1.29 is 18.9 Å². The van der Waals surface area contributed by atoms with E-state index in [-0.39, 0.29) is 0 Å². The molecule has 0 amide bonds. The molecule has 1 N–H and O–H groups in total. The van der Waals surface area contributed by atoms with Crippen LogP contribution in [0.5, 0.6) is 0 Å². The fourth-order valence-electron chi connectivity index (χ4n) is 0.708. The molecule has 0 aromatic rings. The van der Waals surface area contributed by atoms with E-state index in [2.05, 4.69) is 0 Å². The molecule has 4 nitrogen and oxygen atoms in total. The molecule has 0 bridgehead atoms. The van der Waals surface area contributed by atoms with Crippen molar-refractivity contribution in [2.24, 2.45) is 0 Å². The number of hydrogen-bond donors (Lipinski definition) is 1. The first-order valence-electron chi connectivity index (χ1n) is 3.53. The molecular weight excluding hydrogens is 167 g/mol. The standard InChI is InChI=1S/C6H15O4P/c1-4-8-6(3,9-5-2)10-11-7/h7,11H,4-5H2,1-3H3. The van der Waals surface area contributed by atoms with Crippen LogP contribution < -0.4 is 0 Å². The predicted molar refractivity (Wildman–Crippen MR) is 43.3 cm³/mol. The fraction of sp³-hybridized carbons (Fsp3) is 1.00. The van der Waals surface area contributed by atoms with Crippen molar-refractivity contribution in [1.82, 2.24) is 0 Å². The first-order valence-corrected chi connectivity index (χ1v) is 4.39. The Morgan fingerprint density at radius 1 is 1.27 bits per heavy atom. The highest BCUT2D eigenvalue weighted by atomic mass is 31.1. The molecule has 0 rings (SSSR count). The third kappa shape index (κ3) is 4.67. The zero-order valence-electron chi connectivity index (χ0n) is 7.09. The highest BCUT2D eigenvalue weighted by Gasteiger charge is 2.25. The van der Waals surface area contributed by atoms with Gasteiger partial charge in [0.15, 0.2) is 9.03 Å². The van der Waals surface area contributed by atoms with Crippen molar-refractivity contribution in [3.8, 4) is 0 Å². The first kappa shape index (κ1) is 11.3. The van der Waals surface area contributed by atoms with Crippen LogP contribution in [0.25, 0.3) is 0 Å². The summed E-state index contributed by atoms with van der Waals surface area (Å²) in [4.78, 5) is 8.50. The van der Waals surface area contributed by atoms with E-state index in [0.29, 0.717) is 13.2 Å². The van der Waals surface area contributed by atoms with Crippen LogP contribution in [-0.2, 0) is 14.0 Å². The Kier molecular flexibility index (Phi) is 6.01. The zero-order chi connectivity index (χ0) is 8.74. The maximum atomic E-state index is 8.50. The van der Waals surface area contributed by atoms with Gasteiger partial charge in [0.2, 0.25) is 0 Å². The van der Waals surface area contributed by atoms with Crippen LogP contribution in [0.3, 0.4) is 0 Å². The molecule has 1 atom stereocenters. The van der Waals surface area contributed by atoms with E-state index in [0.717, 1.165) is 0 Å². The summed E-state index contributed by atoms with van der Waals surface area (Å²) in [7, 11) is -0.621. The number of hydrogen-bond acceptors (Lipinski definition) is 4.